The van der Waals surface area contributed by atoms with E-state index >= 15 is 0 Å². The van der Waals surface area contributed by atoms with Crippen LogP contribution < -0.4 is 5.73 Å². The third-order valence-corrected chi connectivity index (χ3v) is 5.39. The minimum absolute atomic E-state index is 0.279. The first-order valence-corrected chi connectivity index (χ1v) is 9.17. The molecule has 1 amide bonds. The van der Waals surface area contributed by atoms with Gasteiger partial charge in [-0.25, -0.2) is 4.98 Å². The maximum Gasteiger partial charge on any atom is 0.239 e. The summed E-state index contributed by atoms with van der Waals surface area (Å²) in [4.78, 5) is 19.0. The second-order valence-corrected chi connectivity index (χ2v) is 7.00. The number of imidazole rings is 1. The smallest absolute Gasteiger partial charge is 0.239 e. The number of likely N-dealkylation sites (tertiary alicyclic amines) is 1. The number of carbonyl (C=O) groups excluding carboxylic acids is 1. The van der Waals surface area contributed by atoms with Crippen LogP contribution in [0.15, 0.2) is 54.6 Å². The number of piperidine rings is 1. The third kappa shape index (κ3) is 2.99. The zero-order valence-corrected chi connectivity index (χ0v) is 15.0. The Labute approximate surface area is 153 Å². The van der Waals surface area contributed by atoms with Gasteiger partial charge in [0.25, 0.3) is 0 Å². The first-order valence-electron chi connectivity index (χ1n) is 9.17. The van der Waals surface area contributed by atoms with Gasteiger partial charge >= 0.3 is 0 Å². The quantitative estimate of drug-likeness (QED) is 0.787. The van der Waals surface area contributed by atoms with E-state index in [1.165, 1.54) is 5.52 Å². The molecule has 26 heavy (non-hydrogen) atoms. The SMILES string of the molecule is Cc1nc2ccccc2n1C1CCN([C@@H](C(N)=O)c2ccccc2)CC1. The molecule has 0 radical (unpaired) electrons. The second-order valence-electron chi connectivity index (χ2n) is 7.00. The highest BCUT2D eigenvalue weighted by molar-refractivity contribution is 5.81. The third-order valence-electron chi connectivity index (χ3n) is 5.39. The molecule has 134 valence electrons. The van der Waals surface area contributed by atoms with Crippen molar-refractivity contribution in [2.45, 2.75) is 31.8 Å². The van der Waals surface area contributed by atoms with Gasteiger partial charge in [0.15, 0.2) is 0 Å². The van der Waals surface area contributed by atoms with Gasteiger partial charge in [0, 0.05) is 19.1 Å². The van der Waals surface area contributed by atoms with Crippen LogP contribution in [-0.2, 0) is 4.79 Å². The zero-order chi connectivity index (χ0) is 18.1. The molecule has 0 bridgehead atoms. The molecule has 1 aliphatic rings. The van der Waals surface area contributed by atoms with Crippen molar-refractivity contribution in [3.8, 4) is 0 Å². The molecule has 4 rings (SSSR count). The summed E-state index contributed by atoms with van der Waals surface area (Å²) < 4.78 is 2.36. The average molecular weight is 348 g/mol. The van der Waals surface area contributed by atoms with E-state index in [9.17, 15) is 4.79 Å². The summed E-state index contributed by atoms with van der Waals surface area (Å²) in [7, 11) is 0. The van der Waals surface area contributed by atoms with Gasteiger partial charge < -0.3 is 10.3 Å². The van der Waals surface area contributed by atoms with Gasteiger partial charge in [-0.15, -0.1) is 0 Å². The van der Waals surface area contributed by atoms with Crippen molar-refractivity contribution in [3.05, 3.63) is 66.0 Å². The van der Waals surface area contributed by atoms with Gasteiger partial charge in [0.2, 0.25) is 5.91 Å². The van der Waals surface area contributed by atoms with Crippen LogP contribution in [0.2, 0.25) is 0 Å². The standard InChI is InChI=1S/C21H24N4O/c1-15-23-18-9-5-6-10-19(18)25(15)17-11-13-24(14-12-17)20(21(22)26)16-7-3-2-4-8-16/h2-10,17,20H,11-14H2,1H3,(H2,22,26)/t20-/m1/s1. The lowest BCUT2D eigenvalue weighted by atomic mass is 9.98. The van der Waals surface area contributed by atoms with E-state index in [4.69, 9.17) is 10.7 Å². The lowest BCUT2D eigenvalue weighted by Crippen LogP contribution is -2.43. The van der Waals surface area contributed by atoms with Crippen LogP contribution >= 0.6 is 0 Å². The van der Waals surface area contributed by atoms with Gasteiger partial charge in [-0.3, -0.25) is 9.69 Å². The van der Waals surface area contributed by atoms with Crippen LogP contribution in [0.1, 0.15) is 36.3 Å². The fourth-order valence-corrected chi connectivity index (χ4v) is 4.22. The Balaban J connectivity index is 1.55. The molecule has 1 fully saturated rings. The van der Waals surface area contributed by atoms with Crippen LogP contribution in [-0.4, -0.2) is 33.4 Å². The lowest BCUT2D eigenvalue weighted by molar-refractivity contribution is -0.124. The first kappa shape index (κ1) is 16.8. The highest BCUT2D eigenvalue weighted by Gasteiger charge is 2.31. The topological polar surface area (TPSA) is 64.2 Å². The molecule has 3 aromatic rings. The summed E-state index contributed by atoms with van der Waals surface area (Å²) in [5.41, 5.74) is 8.95. The van der Waals surface area contributed by atoms with Crippen LogP contribution in [0.3, 0.4) is 0 Å². The zero-order valence-electron chi connectivity index (χ0n) is 15.0. The first-order chi connectivity index (χ1) is 12.6. The molecule has 0 aliphatic carbocycles. The average Bonchev–Trinajstić information content (AvgIpc) is 2.99. The number of nitrogens with zero attached hydrogens (tertiary/aromatic N) is 3. The Morgan fingerprint density at radius 1 is 1.08 bits per heavy atom. The van der Waals surface area contributed by atoms with Crippen molar-refractivity contribution >= 4 is 16.9 Å². The van der Waals surface area contributed by atoms with Gasteiger partial charge in [-0.1, -0.05) is 42.5 Å². The van der Waals surface area contributed by atoms with Gasteiger partial charge in [0.1, 0.15) is 11.9 Å². The summed E-state index contributed by atoms with van der Waals surface area (Å²) in [5.74, 6) is 0.776. The van der Waals surface area contributed by atoms with Crippen molar-refractivity contribution in [2.24, 2.45) is 5.73 Å². The van der Waals surface area contributed by atoms with Crippen LogP contribution in [0.4, 0.5) is 0 Å². The van der Waals surface area contributed by atoms with E-state index in [0.29, 0.717) is 6.04 Å². The molecular weight excluding hydrogens is 324 g/mol. The highest BCUT2D eigenvalue weighted by Crippen LogP contribution is 2.32. The number of aryl methyl sites for hydroxylation is 1. The minimum atomic E-state index is -0.349. The van der Waals surface area contributed by atoms with E-state index < -0.39 is 0 Å². The maximum absolute atomic E-state index is 12.1. The van der Waals surface area contributed by atoms with E-state index in [2.05, 4.69) is 34.6 Å². The number of amides is 1. The number of hydrogen-bond acceptors (Lipinski definition) is 3. The maximum atomic E-state index is 12.1. The summed E-state index contributed by atoms with van der Waals surface area (Å²) >= 11 is 0. The predicted octanol–water partition coefficient (Wildman–Crippen LogP) is 3.21. The summed E-state index contributed by atoms with van der Waals surface area (Å²) in [6.45, 7) is 3.76. The predicted molar refractivity (Wildman–Crippen MR) is 103 cm³/mol. The van der Waals surface area contributed by atoms with Crippen LogP contribution in [0.25, 0.3) is 11.0 Å². The van der Waals surface area contributed by atoms with E-state index in [0.717, 1.165) is 42.8 Å². The molecule has 0 spiro atoms. The molecule has 0 unspecified atom stereocenters. The fourth-order valence-electron chi connectivity index (χ4n) is 4.22. The molecule has 1 aliphatic heterocycles. The Kier molecular flexibility index (Phi) is 4.47. The largest absolute Gasteiger partial charge is 0.368 e. The number of benzene rings is 2. The molecule has 5 nitrogen and oxygen atoms in total. The molecular formula is C21H24N4O. The Bertz CT molecular complexity index is 910. The van der Waals surface area contributed by atoms with Gasteiger partial charge in [-0.2, -0.15) is 0 Å². The summed E-state index contributed by atoms with van der Waals surface area (Å²) in [6, 6.07) is 18.2. The number of fused-ring (bicyclic) bond motifs is 1. The number of aromatic nitrogens is 2. The Hall–Kier alpha value is -2.66. The minimum Gasteiger partial charge on any atom is -0.368 e. The summed E-state index contributed by atoms with van der Waals surface area (Å²) in [5, 5.41) is 0. The Morgan fingerprint density at radius 2 is 1.73 bits per heavy atom. The highest BCUT2D eigenvalue weighted by atomic mass is 16.1. The van der Waals surface area contributed by atoms with Crippen LogP contribution in [0.5, 0.6) is 0 Å². The van der Waals surface area contributed by atoms with Crippen molar-refractivity contribution in [1.82, 2.24) is 14.5 Å². The monoisotopic (exact) mass is 348 g/mol. The van der Waals surface area contributed by atoms with Gasteiger partial charge in [-0.05, 0) is 37.5 Å². The molecule has 2 aromatic carbocycles. The van der Waals surface area contributed by atoms with Crippen molar-refractivity contribution < 1.29 is 4.79 Å². The van der Waals surface area contributed by atoms with Crippen molar-refractivity contribution in [1.29, 1.82) is 0 Å². The van der Waals surface area contributed by atoms with Crippen LogP contribution in [0, 0.1) is 6.92 Å². The van der Waals surface area contributed by atoms with Crippen molar-refractivity contribution in [3.63, 3.8) is 0 Å². The van der Waals surface area contributed by atoms with E-state index in [-0.39, 0.29) is 11.9 Å². The second kappa shape index (κ2) is 6.92. The molecule has 0 saturated carbocycles. The number of primary amides is 1. The Morgan fingerprint density at radius 3 is 2.42 bits per heavy atom. The molecule has 2 heterocycles. The fraction of sp³-hybridized carbons (Fsp3) is 0.333. The number of rotatable bonds is 4. The van der Waals surface area contributed by atoms with E-state index in [1.54, 1.807) is 0 Å². The lowest BCUT2D eigenvalue weighted by Gasteiger charge is -2.37. The number of nitrogens with two attached hydrogens (primary N) is 1. The van der Waals surface area contributed by atoms with Gasteiger partial charge in [0.05, 0.1) is 11.0 Å². The number of hydrogen-bond donors (Lipinski definition) is 1. The van der Waals surface area contributed by atoms with E-state index in [1.807, 2.05) is 36.4 Å². The molecule has 5 heteroatoms. The van der Waals surface area contributed by atoms with Crippen molar-refractivity contribution in [2.75, 3.05) is 13.1 Å². The normalized spacial score (nSPS) is 17.4. The number of carbonyl (C=O) groups is 1. The molecule has 1 aromatic heterocycles. The molecule has 1 saturated heterocycles. The molecule has 1 atom stereocenters. The summed E-state index contributed by atoms with van der Waals surface area (Å²) in [6.07, 6.45) is 1.97. The molecule has 2 N–H and O–H groups in total. The number of para-hydroxylation sites is 2.